The summed E-state index contributed by atoms with van der Waals surface area (Å²) in [6.45, 7) is 7.85. The van der Waals surface area contributed by atoms with E-state index in [9.17, 15) is 5.11 Å². The summed E-state index contributed by atoms with van der Waals surface area (Å²) in [5, 5.41) is 9.45. The molecule has 0 atom stereocenters. The number of rotatable bonds is 2. The second kappa shape index (κ2) is 4.10. The maximum atomic E-state index is 9.45. The van der Waals surface area contributed by atoms with E-state index in [0.717, 1.165) is 12.1 Å². The fourth-order valence-electron chi connectivity index (χ4n) is 2.66. The fourth-order valence-corrected chi connectivity index (χ4v) is 2.66. The van der Waals surface area contributed by atoms with Gasteiger partial charge in [-0.1, -0.05) is 17.7 Å². The maximum absolute atomic E-state index is 9.45. The predicted octanol–water partition coefficient (Wildman–Crippen LogP) is 2.87. The number of aliphatic hydroxyl groups excluding tert-OH is 1. The first-order valence-electron chi connectivity index (χ1n) is 6.02. The molecule has 88 valence electrons. The van der Waals surface area contributed by atoms with Crippen LogP contribution in [0.5, 0.6) is 0 Å². The van der Waals surface area contributed by atoms with Gasteiger partial charge in [0.05, 0.1) is 6.61 Å². The first-order chi connectivity index (χ1) is 7.54. The maximum Gasteiger partial charge on any atom is 0.0702 e. The van der Waals surface area contributed by atoms with Crippen molar-refractivity contribution in [2.75, 3.05) is 11.4 Å². The van der Waals surface area contributed by atoms with Crippen molar-refractivity contribution in [1.29, 1.82) is 0 Å². The smallest absolute Gasteiger partial charge is 0.0702 e. The second-order valence-electron chi connectivity index (χ2n) is 5.36. The van der Waals surface area contributed by atoms with Crippen molar-refractivity contribution in [1.82, 2.24) is 0 Å². The summed E-state index contributed by atoms with van der Waals surface area (Å²) in [6, 6.07) is 6.36. The third kappa shape index (κ3) is 1.94. The lowest BCUT2D eigenvalue weighted by atomic mass is 10.00. The zero-order valence-corrected chi connectivity index (χ0v) is 10.5. The molecule has 1 aromatic carbocycles. The molecule has 2 nitrogen and oxygen atoms in total. The van der Waals surface area contributed by atoms with E-state index in [4.69, 9.17) is 0 Å². The van der Waals surface area contributed by atoms with Gasteiger partial charge in [-0.2, -0.15) is 0 Å². The number of hydrogen-bond donors (Lipinski definition) is 1. The Hall–Kier alpha value is -1.02. The Kier molecular flexibility index (Phi) is 2.94. The molecule has 0 aliphatic carbocycles. The summed E-state index contributed by atoms with van der Waals surface area (Å²) in [5.41, 5.74) is 3.69. The van der Waals surface area contributed by atoms with Gasteiger partial charge in [-0.25, -0.2) is 0 Å². The highest BCUT2D eigenvalue weighted by molar-refractivity contribution is 5.57. The number of hydrogen-bond acceptors (Lipinski definition) is 2. The van der Waals surface area contributed by atoms with E-state index >= 15 is 0 Å². The molecule has 2 heteroatoms. The largest absolute Gasteiger partial charge is 0.392 e. The quantitative estimate of drug-likeness (QED) is 0.826. The van der Waals surface area contributed by atoms with Gasteiger partial charge in [0.1, 0.15) is 0 Å². The van der Waals surface area contributed by atoms with Crippen LogP contribution < -0.4 is 4.90 Å². The van der Waals surface area contributed by atoms with Crippen LogP contribution in [-0.2, 0) is 6.61 Å². The number of aliphatic hydroxyl groups is 1. The van der Waals surface area contributed by atoms with Crippen molar-refractivity contribution >= 4 is 5.69 Å². The monoisotopic (exact) mass is 219 g/mol. The molecule has 1 fully saturated rings. The summed E-state index contributed by atoms with van der Waals surface area (Å²) in [7, 11) is 0. The van der Waals surface area contributed by atoms with Gasteiger partial charge in [0, 0.05) is 23.3 Å². The Morgan fingerprint density at radius 1 is 1.38 bits per heavy atom. The number of aryl methyl sites for hydroxylation is 1. The SMILES string of the molecule is Cc1ccc(N2CCCC2(C)C)c(CO)c1. The van der Waals surface area contributed by atoms with Gasteiger partial charge in [0.2, 0.25) is 0 Å². The van der Waals surface area contributed by atoms with E-state index in [0.29, 0.717) is 0 Å². The molecule has 1 aliphatic heterocycles. The van der Waals surface area contributed by atoms with Crippen molar-refractivity contribution in [2.24, 2.45) is 0 Å². The highest BCUT2D eigenvalue weighted by atomic mass is 16.3. The number of benzene rings is 1. The molecule has 0 amide bonds. The van der Waals surface area contributed by atoms with Gasteiger partial charge < -0.3 is 10.0 Å². The third-order valence-corrected chi connectivity index (χ3v) is 3.60. The summed E-state index contributed by atoms with van der Waals surface area (Å²) in [5.74, 6) is 0. The first-order valence-corrected chi connectivity index (χ1v) is 6.02. The molecule has 16 heavy (non-hydrogen) atoms. The molecule has 0 bridgehead atoms. The van der Waals surface area contributed by atoms with Crippen molar-refractivity contribution in [2.45, 2.75) is 45.8 Å². The normalized spacial score (nSPS) is 19.1. The van der Waals surface area contributed by atoms with Crippen LogP contribution >= 0.6 is 0 Å². The van der Waals surface area contributed by atoms with Crippen molar-refractivity contribution in [3.05, 3.63) is 29.3 Å². The lowest BCUT2D eigenvalue weighted by Crippen LogP contribution is -2.38. The molecular formula is C14H21NO. The molecule has 0 unspecified atom stereocenters. The summed E-state index contributed by atoms with van der Waals surface area (Å²) < 4.78 is 0. The Morgan fingerprint density at radius 2 is 2.12 bits per heavy atom. The molecule has 1 heterocycles. The van der Waals surface area contributed by atoms with E-state index < -0.39 is 0 Å². The Morgan fingerprint density at radius 3 is 2.69 bits per heavy atom. The minimum absolute atomic E-state index is 0.129. The van der Waals surface area contributed by atoms with Crippen LogP contribution in [0.15, 0.2) is 18.2 Å². The highest BCUT2D eigenvalue weighted by Crippen LogP contribution is 2.35. The summed E-state index contributed by atoms with van der Waals surface area (Å²) in [6.07, 6.45) is 2.47. The highest BCUT2D eigenvalue weighted by Gasteiger charge is 2.32. The Balaban J connectivity index is 2.40. The molecule has 1 aromatic rings. The van der Waals surface area contributed by atoms with Gasteiger partial charge >= 0.3 is 0 Å². The molecule has 0 saturated carbocycles. The van der Waals surface area contributed by atoms with E-state index in [1.807, 2.05) is 0 Å². The van der Waals surface area contributed by atoms with E-state index in [2.05, 4.69) is 43.9 Å². The molecule has 0 aromatic heterocycles. The second-order valence-corrected chi connectivity index (χ2v) is 5.36. The van der Waals surface area contributed by atoms with Crippen LogP contribution in [0.2, 0.25) is 0 Å². The van der Waals surface area contributed by atoms with Gasteiger partial charge in [-0.3, -0.25) is 0 Å². The lowest BCUT2D eigenvalue weighted by molar-refractivity contribution is 0.281. The van der Waals surface area contributed by atoms with Gasteiger partial charge in [-0.05, 0) is 39.7 Å². The molecular weight excluding hydrogens is 198 g/mol. The van der Waals surface area contributed by atoms with Crippen LogP contribution in [0.25, 0.3) is 0 Å². The number of nitrogens with zero attached hydrogens (tertiary/aromatic N) is 1. The van der Waals surface area contributed by atoms with Crippen LogP contribution in [0.1, 0.15) is 37.8 Å². The standard InChI is InChI=1S/C14H21NO/c1-11-5-6-13(12(9-11)10-16)15-8-4-7-14(15,2)3/h5-6,9,16H,4,7-8,10H2,1-3H3. The molecule has 1 N–H and O–H groups in total. The van der Waals surface area contributed by atoms with Crippen molar-refractivity contribution in [3.8, 4) is 0 Å². The average molecular weight is 219 g/mol. The zero-order valence-electron chi connectivity index (χ0n) is 10.5. The zero-order chi connectivity index (χ0) is 11.8. The van der Waals surface area contributed by atoms with Crippen molar-refractivity contribution in [3.63, 3.8) is 0 Å². The topological polar surface area (TPSA) is 23.5 Å². The molecule has 1 aliphatic rings. The number of anilines is 1. The summed E-state index contributed by atoms with van der Waals surface area (Å²) in [4.78, 5) is 2.43. The first kappa shape index (κ1) is 11.5. The van der Waals surface area contributed by atoms with Crippen LogP contribution in [0.4, 0.5) is 5.69 Å². The van der Waals surface area contributed by atoms with E-state index in [1.165, 1.54) is 24.1 Å². The molecule has 2 rings (SSSR count). The Bertz CT molecular complexity index is 384. The average Bonchev–Trinajstić information content (AvgIpc) is 2.58. The predicted molar refractivity (Wildman–Crippen MR) is 67.8 cm³/mol. The molecule has 1 saturated heterocycles. The molecule has 0 radical (unpaired) electrons. The minimum Gasteiger partial charge on any atom is -0.392 e. The minimum atomic E-state index is 0.129. The third-order valence-electron chi connectivity index (χ3n) is 3.60. The molecule has 0 spiro atoms. The van der Waals surface area contributed by atoms with E-state index in [1.54, 1.807) is 0 Å². The van der Waals surface area contributed by atoms with Gasteiger partial charge in [-0.15, -0.1) is 0 Å². The fraction of sp³-hybridized carbons (Fsp3) is 0.571. The lowest BCUT2D eigenvalue weighted by Gasteiger charge is -2.35. The van der Waals surface area contributed by atoms with Crippen molar-refractivity contribution < 1.29 is 5.11 Å². The summed E-state index contributed by atoms with van der Waals surface area (Å²) >= 11 is 0. The van der Waals surface area contributed by atoms with Crippen LogP contribution in [-0.4, -0.2) is 17.2 Å². The van der Waals surface area contributed by atoms with Crippen LogP contribution in [0.3, 0.4) is 0 Å². The van der Waals surface area contributed by atoms with Crippen LogP contribution in [0, 0.1) is 6.92 Å². The van der Waals surface area contributed by atoms with E-state index in [-0.39, 0.29) is 12.1 Å². The van der Waals surface area contributed by atoms with Gasteiger partial charge in [0.15, 0.2) is 0 Å². The Labute approximate surface area is 97.9 Å². The van der Waals surface area contributed by atoms with Gasteiger partial charge in [0.25, 0.3) is 0 Å².